The first-order valence-corrected chi connectivity index (χ1v) is 9.24. The summed E-state index contributed by atoms with van der Waals surface area (Å²) < 4.78 is 36.5. The smallest absolute Gasteiger partial charge is 0.257 e. The number of allylic oxidation sites excluding steroid dienone is 3. The summed E-state index contributed by atoms with van der Waals surface area (Å²) in [5, 5.41) is -0.0602. The van der Waals surface area contributed by atoms with Gasteiger partial charge in [-0.25, -0.2) is 8.42 Å². The van der Waals surface area contributed by atoms with Gasteiger partial charge in [-0.2, -0.15) is 0 Å². The van der Waals surface area contributed by atoms with Crippen LogP contribution >= 0.6 is 0 Å². The van der Waals surface area contributed by atoms with Gasteiger partial charge in [-0.15, -0.1) is 0 Å². The third-order valence-electron chi connectivity index (χ3n) is 4.91. The number of H-pyrrole nitrogens is 1. The number of hydrogen-bond donors (Lipinski definition) is 1. The number of aromatic amines is 1. The van der Waals surface area contributed by atoms with E-state index in [0.29, 0.717) is 19.3 Å². The Morgan fingerprint density at radius 1 is 1.30 bits per heavy atom. The quantitative estimate of drug-likeness (QED) is 0.903. The third-order valence-corrected chi connectivity index (χ3v) is 7.15. The van der Waals surface area contributed by atoms with E-state index in [9.17, 15) is 8.42 Å². The first-order valence-electron chi connectivity index (χ1n) is 7.75. The molecule has 2 atom stereocenters. The first-order chi connectivity index (χ1) is 10.9. The molecule has 0 saturated carbocycles. The number of sulfone groups is 1. The van der Waals surface area contributed by atoms with Crippen LogP contribution in [-0.4, -0.2) is 23.9 Å². The third kappa shape index (κ3) is 2.16. The summed E-state index contributed by atoms with van der Waals surface area (Å²) in [5.41, 5.74) is 2.29. The van der Waals surface area contributed by atoms with E-state index in [1.165, 1.54) is 11.8 Å². The van der Waals surface area contributed by atoms with Crippen molar-refractivity contribution in [2.45, 2.75) is 43.1 Å². The normalized spacial score (nSPS) is 32.3. The highest BCUT2D eigenvalue weighted by atomic mass is 32.2. The molecule has 0 amide bonds. The monoisotopic (exact) mass is 333 g/mol. The van der Waals surface area contributed by atoms with Crippen molar-refractivity contribution in [1.29, 1.82) is 0 Å². The van der Waals surface area contributed by atoms with Crippen molar-refractivity contribution >= 4 is 9.84 Å². The Hall–Kier alpha value is -1.95. The van der Waals surface area contributed by atoms with Crippen LogP contribution in [0.2, 0.25) is 0 Å². The molecular weight excluding hydrogens is 314 g/mol. The fourth-order valence-electron chi connectivity index (χ4n) is 3.35. The predicted octanol–water partition coefficient (Wildman–Crippen LogP) is 2.74. The Morgan fingerprint density at radius 2 is 2.17 bits per heavy atom. The Bertz CT molecular complexity index is 833. The number of aromatic nitrogens is 1. The van der Waals surface area contributed by atoms with Crippen molar-refractivity contribution in [1.82, 2.24) is 4.98 Å². The molecule has 0 saturated heterocycles. The molecule has 1 aliphatic heterocycles. The van der Waals surface area contributed by atoms with E-state index in [0.717, 1.165) is 12.1 Å². The van der Waals surface area contributed by atoms with Crippen LogP contribution in [-0.2, 0) is 32.2 Å². The number of hydrogen-bond acceptors (Lipinski definition) is 4. The minimum atomic E-state index is -3.64. The van der Waals surface area contributed by atoms with Gasteiger partial charge in [0.05, 0.1) is 11.2 Å². The maximum absolute atomic E-state index is 13.0. The second-order valence-corrected chi connectivity index (χ2v) is 8.88. The van der Waals surface area contributed by atoms with Crippen molar-refractivity contribution in [3.63, 3.8) is 0 Å². The molecule has 1 aromatic rings. The summed E-state index contributed by atoms with van der Waals surface area (Å²) >= 11 is 0. The molecular formula is C17H19NO4S. The van der Waals surface area contributed by atoms with E-state index in [-0.39, 0.29) is 5.09 Å². The number of ether oxygens (including phenoxy) is 2. The zero-order valence-corrected chi connectivity index (χ0v) is 13.7. The van der Waals surface area contributed by atoms with Gasteiger partial charge >= 0.3 is 0 Å². The van der Waals surface area contributed by atoms with E-state index in [4.69, 9.17) is 9.47 Å². The first kappa shape index (κ1) is 14.6. The average molecular weight is 333 g/mol. The van der Waals surface area contributed by atoms with Crippen molar-refractivity contribution in [3.05, 3.63) is 59.2 Å². The largest absolute Gasteiger partial charge is 0.455 e. The Balaban J connectivity index is 1.59. The number of rotatable bonds is 2. The Morgan fingerprint density at radius 3 is 2.96 bits per heavy atom. The van der Waals surface area contributed by atoms with Gasteiger partial charge in [0, 0.05) is 18.3 Å². The molecule has 2 heterocycles. The molecule has 0 fully saturated rings. The fourth-order valence-corrected chi connectivity index (χ4v) is 4.82. The van der Waals surface area contributed by atoms with Gasteiger partial charge in [0.25, 0.3) is 10.9 Å². The molecule has 0 bridgehead atoms. The van der Waals surface area contributed by atoms with Crippen LogP contribution in [0, 0.1) is 0 Å². The number of aryl methyl sites for hydroxylation is 1. The summed E-state index contributed by atoms with van der Waals surface area (Å²) in [5.74, 6) is -0.898. The minimum absolute atomic E-state index is 0.0602. The standard InChI is InChI=1S/C17H19NO4S/c1-16(7-3-2-4-8-16)23(19,20)15-12-21-17(22-15)9-5-13-6-10-18-14(13)11-17/h2-4,6-7,10,12,18H,5,8-9,11H2,1H3. The lowest BCUT2D eigenvalue weighted by Gasteiger charge is -2.33. The van der Waals surface area contributed by atoms with Crippen molar-refractivity contribution in [3.8, 4) is 0 Å². The topological polar surface area (TPSA) is 68.4 Å². The van der Waals surface area contributed by atoms with Crippen molar-refractivity contribution in [2.75, 3.05) is 0 Å². The molecule has 0 radical (unpaired) electrons. The van der Waals surface area contributed by atoms with Crippen molar-refractivity contribution < 1.29 is 17.9 Å². The van der Waals surface area contributed by atoms with Gasteiger partial charge in [0.15, 0.2) is 0 Å². The summed E-state index contributed by atoms with van der Waals surface area (Å²) in [6.45, 7) is 1.71. The zero-order chi connectivity index (χ0) is 16.1. The molecule has 1 aromatic heterocycles. The second kappa shape index (κ2) is 4.77. The number of fused-ring (bicyclic) bond motifs is 1. The summed E-state index contributed by atoms with van der Waals surface area (Å²) in [7, 11) is -3.64. The van der Waals surface area contributed by atoms with Gasteiger partial charge in [0.1, 0.15) is 6.26 Å². The molecule has 0 aromatic carbocycles. The molecule has 122 valence electrons. The van der Waals surface area contributed by atoms with E-state index < -0.39 is 20.4 Å². The van der Waals surface area contributed by atoms with Crippen LogP contribution in [0.15, 0.2) is 47.9 Å². The maximum Gasteiger partial charge on any atom is 0.257 e. The highest BCUT2D eigenvalue weighted by molar-refractivity contribution is 7.96. The SMILES string of the molecule is CC1(S(=O)(=O)C2=COC3(CCc4cc[nH]c4C3)O2)C=CC=CC1. The predicted molar refractivity (Wildman–Crippen MR) is 86.0 cm³/mol. The van der Waals surface area contributed by atoms with Gasteiger partial charge in [-0.05, 0) is 31.4 Å². The molecule has 5 nitrogen and oxygen atoms in total. The van der Waals surface area contributed by atoms with Crippen LogP contribution < -0.4 is 0 Å². The zero-order valence-electron chi connectivity index (χ0n) is 12.9. The second-order valence-electron chi connectivity index (χ2n) is 6.53. The van der Waals surface area contributed by atoms with E-state index >= 15 is 0 Å². The van der Waals surface area contributed by atoms with Crippen LogP contribution in [0.5, 0.6) is 0 Å². The molecule has 1 N–H and O–H groups in total. The molecule has 1 spiro atoms. The van der Waals surface area contributed by atoms with Crippen LogP contribution in [0.3, 0.4) is 0 Å². The van der Waals surface area contributed by atoms with Crippen LogP contribution in [0.25, 0.3) is 0 Å². The fraction of sp³-hybridized carbons (Fsp3) is 0.412. The molecule has 6 heteroatoms. The highest BCUT2D eigenvalue weighted by Gasteiger charge is 2.50. The Kier molecular flexibility index (Phi) is 3.04. The molecule has 3 aliphatic rings. The van der Waals surface area contributed by atoms with E-state index in [2.05, 4.69) is 4.98 Å². The van der Waals surface area contributed by atoms with E-state index in [1.807, 2.05) is 24.4 Å². The lowest BCUT2D eigenvalue weighted by molar-refractivity contribution is -0.151. The Labute approximate surface area is 135 Å². The van der Waals surface area contributed by atoms with Crippen molar-refractivity contribution in [2.24, 2.45) is 0 Å². The van der Waals surface area contributed by atoms with Crippen LogP contribution in [0.4, 0.5) is 0 Å². The van der Waals surface area contributed by atoms with Gasteiger partial charge in [-0.1, -0.05) is 24.3 Å². The van der Waals surface area contributed by atoms with Gasteiger partial charge in [-0.3, -0.25) is 0 Å². The minimum Gasteiger partial charge on any atom is -0.455 e. The van der Waals surface area contributed by atoms with Gasteiger partial charge < -0.3 is 14.5 Å². The summed E-state index contributed by atoms with van der Waals surface area (Å²) in [6.07, 6.45) is 12.8. The highest BCUT2D eigenvalue weighted by Crippen LogP contribution is 2.42. The lowest BCUT2D eigenvalue weighted by Crippen LogP contribution is -2.40. The maximum atomic E-state index is 13.0. The summed E-state index contributed by atoms with van der Waals surface area (Å²) in [4.78, 5) is 3.18. The summed E-state index contributed by atoms with van der Waals surface area (Å²) in [6, 6.07) is 2.04. The molecule has 2 aliphatic carbocycles. The molecule has 2 unspecified atom stereocenters. The van der Waals surface area contributed by atoms with Gasteiger partial charge in [0.2, 0.25) is 9.84 Å². The van der Waals surface area contributed by atoms with E-state index in [1.54, 1.807) is 19.1 Å². The lowest BCUT2D eigenvalue weighted by atomic mass is 9.92. The molecule has 4 rings (SSSR count). The van der Waals surface area contributed by atoms with Crippen LogP contribution in [0.1, 0.15) is 31.0 Å². The average Bonchev–Trinajstić information content (AvgIpc) is 3.15. The molecule has 23 heavy (non-hydrogen) atoms. The number of nitrogens with one attached hydrogen (secondary N) is 1.